The number of halogens is 6. The quantitative estimate of drug-likeness (QED) is 0.799. The molecule has 0 aromatic carbocycles. The van der Waals surface area contributed by atoms with Crippen molar-refractivity contribution in [2.75, 3.05) is 0 Å². The Morgan fingerprint density at radius 1 is 0.923 bits per heavy atom. The van der Waals surface area contributed by atoms with Crippen LogP contribution in [-0.2, 0) is 22.2 Å². The summed E-state index contributed by atoms with van der Waals surface area (Å²) >= 11 is 0. The van der Waals surface area contributed by atoms with Crippen molar-refractivity contribution in [2.45, 2.75) is 22.3 Å². The smallest absolute Gasteiger partial charge is 0.364 e. The number of sulfone groups is 1. The maximum absolute atomic E-state index is 12.8. The van der Waals surface area contributed by atoms with E-state index in [0.717, 1.165) is 0 Å². The predicted molar refractivity (Wildman–Crippen MR) is 72.4 cm³/mol. The highest BCUT2D eigenvalue weighted by atomic mass is 32.2. The molecular weight excluding hydrogens is 392 g/mol. The van der Waals surface area contributed by atoms with Crippen LogP contribution in [0.1, 0.15) is 21.6 Å². The molecule has 0 radical (unpaired) electrons. The summed E-state index contributed by atoms with van der Waals surface area (Å²) in [6, 6.07) is 0.940. The lowest BCUT2D eigenvalue weighted by Gasteiger charge is -2.12. The second-order valence-electron chi connectivity index (χ2n) is 4.82. The summed E-state index contributed by atoms with van der Waals surface area (Å²) in [5.41, 5.74) is 1.15. The van der Waals surface area contributed by atoms with Crippen LogP contribution in [0.5, 0.6) is 0 Å². The molecule has 2 aromatic rings. The average Bonchev–Trinajstić information content (AvgIpc) is 2.52. The summed E-state index contributed by atoms with van der Waals surface area (Å²) in [6.07, 6.45) is -9.39. The molecule has 0 bridgehead atoms. The Kier molecular flexibility index (Phi) is 4.70. The molecule has 6 nitrogen and oxygen atoms in total. The first-order valence-corrected chi connectivity index (χ1v) is 7.88. The summed E-state index contributed by atoms with van der Waals surface area (Å²) in [7, 11) is -4.90. The fraction of sp³-hybridized carbons (Fsp3) is 0.154. The first-order chi connectivity index (χ1) is 11.7. The van der Waals surface area contributed by atoms with Gasteiger partial charge in [-0.1, -0.05) is 0 Å². The Morgan fingerprint density at radius 2 is 1.46 bits per heavy atom. The third-order valence-electron chi connectivity index (χ3n) is 3.04. The van der Waals surface area contributed by atoms with Gasteiger partial charge in [-0.15, -0.1) is 0 Å². The fourth-order valence-electron chi connectivity index (χ4n) is 1.81. The van der Waals surface area contributed by atoms with Crippen LogP contribution in [-0.4, -0.2) is 24.3 Å². The van der Waals surface area contributed by atoms with Gasteiger partial charge in [0.25, 0.3) is 5.91 Å². The molecule has 0 fully saturated rings. The lowest BCUT2D eigenvalue weighted by atomic mass is 10.2. The zero-order valence-corrected chi connectivity index (χ0v) is 13.1. The Balaban J connectivity index is 2.66. The van der Waals surface area contributed by atoms with E-state index in [1.807, 2.05) is 0 Å². The molecule has 13 heteroatoms. The van der Waals surface area contributed by atoms with E-state index in [2.05, 4.69) is 9.97 Å². The van der Waals surface area contributed by atoms with Gasteiger partial charge in [-0.05, 0) is 18.2 Å². The topological polar surface area (TPSA) is 103 Å². The van der Waals surface area contributed by atoms with E-state index in [-0.39, 0.29) is 18.5 Å². The SMILES string of the molecule is NC(=O)c1ncc(C(F)(F)F)cc1S(=O)(=O)c1ccc(C(F)(F)F)cn1. The third kappa shape index (κ3) is 3.76. The van der Waals surface area contributed by atoms with Crippen LogP contribution in [0.25, 0.3) is 0 Å². The molecule has 0 saturated heterocycles. The second-order valence-corrected chi connectivity index (χ2v) is 6.68. The van der Waals surface area contributed by atoms with Crippen LogP contribution >= 0.6 is 0 Å². The third-order valence-corrected chi connectivity index (χ3v) is 4.72. The van der Waals surface area contributed by atoms with E-state index in [0.29, 0.717) is 12.1 Å². The first-order valence-electron chi connectivity index (χ1n) is 6.40. The highest BCUT2D eigenvalue weighted by Crippen LogP contribution is 2.33. The van der Waals surface area contributed by atoms with Crippen molar-refractivity contribution in [3.8, 4) is 0 Å². The van der Waals surface area contributed by atoms with Gasteiger partial charge >= 0.3 is 12.4 Å². The number of hydrogen-bond donors (Lipinski definition) is 1. The molecule has 0 atom stereocenters. The van der Waals surface area contributed by atoms with E-state index in [9.17, 15) is 39.6 Å². The largest absolute Gasteiger partial charge is 0.417 e. The Hall–Kier alpha value is -2.70. The Bertz CT molecular complexity index is 953. The molecule has 140 valence electrons. The van der Waals surface area contributed by atoms with Crippen molar-refractivity contribution in [3.05, 3.63) is 47.4 Å². The van der Waals surface area contributed by atoms with Crippen LogP contribution in [0.2, 0.25) is 0 Å². The van der Waals surface area contributed by atoms with Gasteiger partial charge in [0.05, 0.1) is 11.1 Å². The summed E-state index contributed by atoms with van der Waals surface area (Å²) in [6.45, 7) is 0. The zero-order valence-electron chi connectivity index (χ0n) is 12.3. The molecule has 0 spiro atoms. The van der Waals surface area contributed by atoms with Crippen LogP contribution in [0.3, 0.4) is 0 Å². The Morgan fingerprint density at radius 3 is 1.88 bits per heavy atom. The van der Waals surface area contributed by atoms with Gasteiger partial charge in [-0.2, -0.15) is 26.3 Å². The molecule has 0 aliphatic carbocycles. The number of carbonyl (C=O) groups excluding carboxylic acids is 1. The summed E-state index contributed by atoms with van der Waals surface area (Å²) in [4.78, 5) is 16.3. The fourth-order valence-corrected chi connectivity index (χ4v) is 3.16. The van der Waals surface area contributed by atoms with Crippen molar-refractivity contribution in [3.63, 3.8) is 0 Å². The van der Waals surface area contributed by atoms with Gasteiger partial charge in [-0.25, -0.2) is 18.4 Å². The molecule has 1 amide bonds. The van der Waals surface area contributed by atoms with Gasteiger partial charge in [0, 0.05) is 12.4 Å². The molecule has 0 saturated carbocycles. The van der Waals surface area contributed by atoms with E-state index in [1.165, 1.54) is 0 Å². The normalized spacial score (nSPS) is 12.8. The van der Waals surface area contributed by atoms with Crippen LogP contribution in [0.15, 0.2) is 40.5 Å². The number of nitrogens with zero attached hydrogens (tertiary/aromatic N) is 2. The number of hydrogen-bond acceptors (Lipinski definition) is 5. The number of carbonyl (C=O) groups is 1. The molecule has 0 aliphatic rings. The van der Waals surface area contributed by atoms with Crippen LogP contribution in [0.4, 0.5) is 26.3 Å². The molecule has 2 N–H and O–H groups in total. The molecule has 2 heterocycles. The molecule has 0 unspecified atom stereocenters. The number of pyridine rings is 2. The van der Waals surface area contributed by atoms with Gasteiger partial charge in [0.15, 0.2) is 5.03 Å². The molecular formula is C13H7F6N3O3S. The number of primary amides is 1. The zero-order chi connectivity index (χ0) is 19.9. The maximum atomic E-state index is 12.8. The predicted octanol–water partition coefficient (Wildman–Crippen LogP) is 2.45. The minimum Gasteiger partial charge on any atom is -0.364 e. The number of nitrogens with two attached hydrogens (primary N) is 1. The molecule has 2 rings (SSSR count). The number of amides is 1. The molecule has 2 aromatic heterocycles. The van der Waals surface area contributed by atoms with Crippen molar-refractivity contribution < 1.29 is 39.6 Å². The van der Waals surface area contributed by atoms with Crippen LogP contribution in [0, 0.1) is 0 Å². The number of alkyl halides is 6. The second kappa shape index (κ2) is 6.23. The van der Waals surface area contributed by atoms with Crippen molar-refractivity contribution >= 4 is 15.7 Å². The van der Waals surface area contributed by atoms with E-state index in [4.69, 9.17) is 5.73 Å². The Labute approximate surface area is 141 Å². The van der Waals surface area contributed by atoms with Crippen molar-refractivity contribution in [1.29, 1.82) is 0 Å². The lowest BCUT2D eigenvalue weighted by Crippen LogP contribution is -2.20. The van der Waals surface area contributed by atoms with E-state index >= 15 is 0 Å². The van der Waals surface area contributed by atoms with Crippen molar-refractivity contribution in [1.82, 2.24) is 9.97 Å². The van der Waals surface area contributed by atoms with E-state index in [1.54, 1.807) is 0 Å². The minimum atomic E-state index is -4.99. The summed E-state index contributed by atoms with van der Waals surface area (Å²) < 4.78 is 101. The first kappa shape index (κ1) is 19.6. The van der Waals surface area contributed by atoms with Gasteiger partial charge in [0.1, 0.15) is 10.6 Å². The average molecular weight is 399 g/mol. The lowest BCUT2D eigenvalue weighted by molar-refractivity contribution is -0.138. The molecule has 0 aliphatic heterocycles. The van der Waals surface area contributed by atoms with Crippen LogP contribution < -0.4 is 5.73 Å². The monoisotopic (exact) mass is 399 g/mol. The highest BCUT2D eigenvalue weighted by Gasteiger charge is 2.36. The minimum absolute atomic E-state index is 0.113. The van der Waals surface area contributed by atoms with E-state index < -0.39 is 54.8 Å². The standard InChI is InChI=1S/C13H7F6N3O3S/c14-12(15,16)6-1-2-9(21-4-6)26(24,25)8-3-7(13(17,18)19)5-22-10(8)11(20)23/h1-5H,(H2,20,23). The summed E-state index contributed by atoms with van der Waals surface area (Å²) in [5.74, 6) is -1.44. The van der Waals surface area contributed by atoms with Gasteiger partial charge < -0.3 is 5.73 Å². The maximum Gasteiger partial charge on any atom is 0.417 e. The number of aromatic nitrogens is 2. The highest BCUT2D eigenvalue weighted by molar-refractivity contribution is 7.91. The van der Waals surface area contributed by atoms with Gasteiger partial charge in [0.2, 0.25) is 9.84 Å². The summed E-state index contributed by atoms with van der Waals surface area (Å²) in [5, 5.41) is -1.01. The number of rotatable bonds is 3. The molecule has 26 heavy (non-hydrogen) atoms. The van der Waals surface area contributed by atoms with Gasteiger partial charge in [-0.3, -0.25) is 4.79 Å². The van der Waals surface area contributed by atoms with Crippen molar-refractivity contribution in [2.24, 2.45) is 5.73 Å².